The number of nitrogens with one attached hydrogen (secondary N) is 2. The fraction of sp³-hybridized carbons (Fsp3) is 0.609. The minimum absolute atomic E-state index is 0.126. The third kappa shape index (κ3) is 6.75. The molecule has 0 unspecified atom stereocenters. The molecule has 1 aliphatic carbocycles. The van der Waals surface area contributed by atoms with Crippen LogP contribution in [0, 0.1) is 11.8 Å². The Bertz CT molecular complexity index is 734. The molecular weight excluding hydrogens is 384 g/mol. The first-order valence-corrected chi connectivity index (χ1v) is 10.8. The van der Waals surface area contributed by atoms with E-state index in [0.29, 0.717) is 23.8 Å². The molecule has 2 rings (SSSR count). The van der Waals surface area contributed by atoms with Gasteiger partial charge < -0.3 is 20.1 Å². The molecule has 0 aliphatic heterocycles. The van der Waals surface area contributed by atoms with Crippen molar-refractivity contribution in [3.05, 3.63) is 29.8 Å². The van der Waals surface area contributed by atoms with Gasteiger partial charge in [-0.25, -0.2) is 4.79 Å². The zero-order valence-corrected chi connectivity index (χ0v) is 18.4. The molecule has 1 saturated carbocycles. The fourth-order valence-electron chi connectivity index (χ4n) is 3.66. The average Bonchev–Trinajstić information content (AvgIpc) is 2.72. The van der Waals surface area contributed by atoms with Gasteiger partial charge in [0.05, 0.1) is 12.2 Å². The number of ether oxygens (including phenoxy) is 2. The second kappa shape index (κ2) is 11.6. The van der Waals surface area contributed by atoms with Crippen LogP contribution < -0.4 is 15.4 Å². The summed E-state index contributed by atoms with van der Waals surface area (Å²) in [6.45, 7) is 7.66. The van der Waals surface area contributed by atoms with Gasteiger partial charge in [-0.1, -0.05) is 45.7 Å². The third-order valence-electron chi connectivity index (χ3n) is 5.44. The maximum absolute atomic E-state index is 12.7. The molecule has 3 atom stereocenters. The van der Waals surface area contributed by atoms with E-state index < -0.39 is 17.9 Å². The monoisotopic (exact) mass is 418 g/mol. The molecule has 0 aromatic heterocycles. The number of carbonyl (C=O) groups excluding carboxylic acids is 3. The number of carbonyl (C=O) groups is 3. The lowest BCUT2D eigenvalue weighted by molar-refractivity contribution is -0.151. The SMILES string of the molecule is CCOc1ccccc1C(=O)N[C@H](C(=O)OCC(=O)N[C@@H]1CCCC[C@H]1C)C(C)C. The van der Waals surface area contributed by atoms with Crippen molar-refractivity contribution in [1.29, 1.82) is 0 Å². The zero-order chi connectivity index (χ0) is 22.1. The maximum atomic E-state index is 12.7. The van der Waals surface area contributed by atoms with Crippen LogP contribution in [0.15, 0.2) is 24.3 Å². The smallest absolute Gasteiger partial charge is 0.329 e. The lowest BCUT2D eigenvalue weighted by atomic mass is 9.86. The van der Waals surface area contributed by atoms with Crippen molar-refractivity contribution < 1.29 is 23.9 Å². The largest absolute Gasteiger partial charge is 0.493 e. The number of hydrogen-bond donors (Lipinski definition) is 2. The molecule has 30 heavy (non-hydrogen) atoms. The summed E-state index contributed by atoms with van der Waals surface area (Å²) in [6.07, 6.45) is 4.32. The fourth-order valence-corrected chi connectivity index (χ4v) is 3.66. The van der Waals surface area contributed by atoms with Crippen LogP contribution in [0.4, 0.5) is 0 Å². The van der Waals surface area contributed by atoms with E-state index in [1.165, 1.54) is 6.42 Å². The van der Waals surface area contributed by atoms with Crippen LogP contribution in [0.1, 0.15) is 63.7 Å². The zero-order valence-electron chi connectivity index (χ0n) is 18.4. The minimum Gasteiger partial charge on any atom is -0.493 e. The number of para-hydroxylation sites is 1. The van der Waals surface area contributed by atoms with E-state index in [2.05, 4.69) is 17.6 Å². The van der Waals surface area contributed by atoms with Crippen molar-refractivity contribution in [3.63, 3.8) is 0 Å². The average molecular weight is 419 g/mol. The predicted octanol–water partition coefficient (Wildman–Crippen LogP) is 3.08. The van der Waals surface area contributed by atoms with Crippen molar-refractivity contribution in [1.82, 2.24) is 10.6 Å². The summed E-state index contributed by atoms with van der Waals surface area (Å²) >= 11 is 0. The molecule has 0 bridgehead atoms. The third-order valence-corrected chi connectivity index (χ3v) is 5.44. The van der Waals surface area contributed by atoms with Crippen LogP contribution in [0.5, 0.6) is 5.75 Å². The molecule has 1 fully saturated rings. The molecule has 7 heteroatoms. The van der Waals surface area contributed by atoms with Crippen molar-refractivity contribution in [2.75, 3.05) is 13.2 Å². The molecule has 166 valence electrons. The van der Waals surface area contributed by atoms with E-state index >= 15 is 0 Å². The van der Waals surface area contributed by atoms with E-state index in [1.807, 2.05) is 20.8 Å². The summed E-state index contributed by atoms with van der Waals surface area (Å²) in [5, 5.41) is 5.68. The van der Waals surface area contributed by atoms with Gasteiger partial charge in [0.2, 0.25) is 0 Å². The topological polar surface area (TPSA) is 93.7 Å². The van der Waals surface area contributed by atoms with Crippen LogP contribution in [-0.2, 0) is 14.3 Å². The maximum Gasteiger partial charge on any atom is 0.329 e. The number of benzene rings is 1. The second-order valence-corrected chi connectivity index (χ2v) is 8.17. The van der Waals surface area contributed by atoms with E-state index in [9.17, 15) is 14.4 Å². The quantitative estimate of drug-likeness (QED) is 0.601. The van der Waals surface area contributed by atoms with Crippen molar-refractivity contribution in [3.8, 4) is 5.75 Å². The normalized spacial score (nSPS) is 19.6. The van der Waals surface area contributed by atoms with E-state index in [0.717, 1.165) is 19.3 Å². The van der Waals surface area contributed by atoms with Gasteiger partial charge in [0, 0.05) is 6.04 Å². The molecule has 7 nitrogen and oxygen atoms in total. The number of esters is 1. The van der Waals surface area contributed by atoms with Gasteiger partial charge in [0.25, 0.3) is 11.8 Å². The van der Waals surface area contributed by atoms with E-state index in [4.69, 9.17) is 9.47 Å². The lowest BCUT2D eigenvalue weighted by Gasteiger charge is -2.29. The molecule has 0 radical (unpaired) electrons. The predicted molar refractivity (Wildman–Crippen MR) is 114 cm³/mol. The first-order valence-electron chi connectivity index (χ1n) is 10.8. The van der Waals surface area contributed by atoms with Crippen LogP contribution in [-0.4, -0.2) is 43.1 Å². The number of rotatable bonds is 9. The Morgan fingerprint density at radius 3 is 2.50 bits per heavy atom. The Morgan fingerprint density at radius 2 is 1.83 bits per heavy atom. The van der Waals surface area contributed by atoms with Gasteiger partial charge in [-0.3, -0.25) is 9.59 Å². The van der Waals surface area contributed by atoms with Crippen molar-refractivity contribution in [2.24, 2.45) is 11.8 Å². The molecule has 1 aliphatic rings. The molecule has 1 aromatic rings. The highest BCUT2D eigenvalue weighted by molar-refractivity contribution is 5.99. The highest BCUT2D eigenvalue weighted by Gasteiger charge is 2.28. The molecule has 2 N–H and O–H groups in total. The van der Waals surface area contributed by atoms with Gasteiger partial charge >= 0.3 is 5.97 Å². The van der Waals surface area contributed by atoms with Gasteiger partial charge in [0.1, 0.15) is 11.8 Å². The Labute approximate surface area is 178 Å². The van der Waals surface area contributed by atoms with E-state index in [1.54, 1.807) is 24.3 Å². The second-order valence-electron chi connectivity index (χ2n) is 8.17. The summed E-state index contributed by atoms with van der Waals surface area (Å²) in [5.41, 5.74) is 0.349. The minimum atomic E-state index is -0.867. The van der Waals surface area contributed by atoms with Crippen LogP contribution >= 0.6 is 0 Å². The van der Waals surface area contributed by atoms with Crippen molar-refractivity contribution >= 4 is 17.8 Å². The van der Waals surface area contributed by atoms with Crippen molar-refractivity contribution in [2.45, 2.75) is 65.5 Å². The molecule has 0 spiro atoms. The molecule has 0 heterocycles. The van der Waals surface area contributed by atoms with Gasteiger partial charge in [-0.15, -0.1) is 0 Å². The number of amides is 2. The van der Waals surface area contributed by atoms with Crippen LogP contribution in [0.3, 0.4) is 0 Å². The Kier molecular flexibility index (Phi) is 9.15. The highest BCUT2D eigenvalue weighted by Crippen LogP contribution is 2.23. The molecule has 2 amide bonds. The standard InChI is InChI=1S/C23H34N2O5/c1-5-29-19-13-9-7-11-17(19)22(27)25-21(15(2)3)23(28)30-14-20(26)24-18-12-8-6-10-16(18)4/h7,9,11,13,15-16,18,21H,5-6,8,10,12,14H2,1-4H3,(H,24,26)(H,25,27)/t16-,18-,21+/m1/s1. The van der Waals surface area contributed by atoms with Crippen LogP contribution in [0.2, 0.25) is 0 Å². The number of hydrogen-bond acceptors (Lipinski definition) is 5. The highest BCUT2D eigenvalue weighted by atomic mass is 16.5. The Balaban J connectivity index is 1.93. The van der Waals surface area contributed by atoms with Gasteiger partial charge in [-0.2, -0.15) is 0 Å². The van der Waals surface area contributed by atoms with Gasteiger partial charge in [0.15, 0.2) is 6.61 Å². The summed E-state index contributed by atoms with van der Waals surface area (Å²) in [4.78, 5) is 37.5. The Morgan fingerprint density at radius 1 is 1.13 bits per heavy atom. The molecule has 1 aromatic carbocycles. The first-order chi connectivity index (χ1) is 14.3. The summed E-state index contributed by atoms with van der Waals surface area (Å²) in [7, 11) is 0. The Hall–Kier alpha value is -2.57. The molecular formula is C23H34N2O5. The van der Waals surface area contributed by atoms with Gasteiger partial charge in [-0.05, 0) is 43.7 Å². The molecule has 0 saturated heterocycles. The van der Waals surface area contributed by atoms with Crippen LogP contribution in [0.25, 0.3) is 0 Å². The lowest BCUT2D eigenvalue weighted by Crippen LogP contribution is -2.47. The first kappa shape index (κ1) is 23.7. The summed E-state index contributed by atoms with van der Waals surface area (Å²) in [6, 6.07) is 6.12. The summed E-state index contributed by atoms with van der Waals surface area (Å²) < 4.78 is 10.7. The van der Waals surface area contributed by atoms with E-state index in [-0.39, 0.29) is 24.5 Å². The summed E-state index contributed by atoms with van der Waals surface area (Å²) in [5.74, 6) is -0.685.